The third kappa shape index (κ3) is 0.750. The summed E-state index contributed by atoms with van der Waals surface area (Å²) in [5.74, 6) is 1.92. The van der Waals surface area contributed by atoms with Crippen molar-refractivity contribution >= 4 is 15.9 Å². The van der Waals surface area contributed by atoms with E-state index in [0.717, 1.165) is 11.8 Å². The number of hydrogen-bond acceptors (Lipinski definition) is 0. The van der Waals surface area contributed by atoms with Crippen LogP contribution in [0.3, 0.4) is 0 Å². The normalized spacial score (nSPS) is 31.4. The van der Waals surface area contributed by atoms with Gasteiger partial charge in [-0.15, -0.1) is 0 Å². The molecule has 1 heteroatoms. The van der Waals surface area contributed by atoms with Crippen LogP contribution in [-0.4, -0.2) is 0 Å². The van der Waals surface area contributed by atoms with E-state index in [1.807, 2.05) is 0 Å². The van der Waals surface area contributed by atoms with E-state index in [2.05, 4.69) is 34.1 Å². The lowest BCUT2D eigenvalue weighted by atomic mass is 10.1. The maximum Gasteiger partial charge on any atom is 0.0212 e. The van der Waals surface area contributed by atoms with Gasteiger partial charge < -0.3 is 0 Å². The standard InChI is InChI=1S/C10H9Br/c11-9-3-1-2-6-4-7-5-8(7)10(6)9/h1-3,7-8H,4-5H2/t7-,8+/m1/s1. The monoisotopic (exact) mass is 208 g/mol. The highest BCUT2D eigenvalue weighted by Gasteiger charge is 2.45. The zero-order chi connectivity index (χ0) is 7.42. The van der Waals surface area contributed by atoms with Crippen molar-refractivity contribution in [3.05, 3.63) is 33.8 Å². The van der Waals surface area contributed by atoms with Gasteiger partial charge in [-0.1, -0.05) is 28.1 Å². The molecule has 0 spiro atoms. The van der Waals surface area contributed by atoms with Gasteiger partial charge in [0.05, 0.1) is 0 Å². The van der Waals surface area contributed by atoms with Crippen LogP contribution in [0.2, 0.25) is 0 Å². The van der Waals surface area contributed by atoms with E-state index >= 15 is 0 Å². The summed E-state index contributed by atoms with van der Waals surface area (Å²) in [6.07, 6.45) is 2.77. The van der Waals surface area contributed by atoms with Crippen LogP contribution in [0.25, 0.3) is 0 Å². The van der Waals surface area contributed by atoms with E-state index in [1.165, 1.54) is 17.3 Å². The molecule has 0 bridgehead atoms. The molecule has 0 unspecified atom stereocenters. The second-order valence-corrected chi connectivity index (χ2v) is 4.47. The smallest absolute Gasteiger partial charge is 0.0212 e. The highest BCUT2D eigenvalue weighted by atomic mass is 79.9. The second-order valence-electron chi connectivity index (χ2n) is 3.62. The summed E-state index contributed by atoms with van der Waals surface area (Å²) >= 11 is 3.61. The molecule has 0 nitrogen and oxygen atoms in total. The van der Waals surface area contributed by atoms with Crippen molar-refractivity contribution < 1.29 is 0 Å². The summed E-state index contributed by atoms with van der Waals surface area (Å²) < 4.78 is 1.33. The van der Waals surface area contributed by atoms with Crippen molar-refractivity contribution in [3.63, 3.8) is 0 Å². The number of hydrogen-bond donors (Lipinski definition) is 0. The van der Waals surface area contributed by atoms with Crippen LogP contribution in [0.1, 0.15) is 23.5 Å². The molecule has 1 aromatic rings. The average Bonchev–Trinajstić information content (AvgIpc) is 2.62. The molecule has 3 rings (SSSR count). The molecule has 0 heterocycles. The molecule has 1 fully saturated rings. The molecular formula is C10H9Br. The lowest BCUT2D eigenvalue weighted by Gasteiger charge is -2.03. The summed E-state index contributed by atoms with van der Waals surface area (Å²) in [4.78, 5) is 0. The van der Waals surface area contributed by atoms with Crippen molar-refractivity contribution in [3.8, 4) is 0 Å². The first-order valence-electron chi connectivity index (χ1n) is 4.13. The Bertz CT molecular complexity index is 317. The first kappa shape index (κ1) is 6.24. The topological polar surface area (TPSA) is 0 Å². The van der Waals surface area contributed by atoms with Gasteiger partial charge in [0.1, 0.15) is 0 Å². The molecular weight excluding hydrogens is 200 g/mol. The molecule has 1 aromatic carbocycles. The number of benzene rings is 1. The first-order chi connectivity index (χ1) is 5.36. The van der Waals surface area contributed by atoms with Gasteiger partial charge in [-0.2, -0.15) is 0 Å². The Balaban J connectivity index is 2.25. The zero-order valence-corrected chi connectivity index (χ0v) is 7.76. The van der Waals surface area contributed by atoms with Crippen molar-refractivity contribution in [2.24, 2.45) is 5.92 Å². The molecule has 0 aromatic heterocycles. The quantitative estimate of drug-likeness (QED) is 0.615. The first-order valence-corrected chi connectivity index (χ1v) is 4.93. The van der Waals surface area contributed by atoms with Crippen LogP contribution in [0, 0.1) is 5.92 Å². The lowest BCUT2D eigenvalue weighted by Crippen LogP contribution is -1.86. The molecule has 0 radical (unpaired) electrons. The number of fused-ring (bicyclic) bond motifs is 3. The minimum Gasteiger partial charge on any atom is -0.0609 e. The SMILES string of the molecule is Brc1cccc2c1[C@H]1C[C@H]1C2. The Labute approximate surface area is 74.7 Å². The molecule has 0 amide bonds. The summed E-state index contributed by atoms with van der Waals surface area (Å²) in [6.45, 7) is 0. The fraction of sp³-hybridized carbons (Fsp3) is 0.400. The maximum absolute atomic E-state index is 3.61. The van der Waals surface area contributed by atoms with Crippen molar-refractivity contribution in [2.75, 3.05) is 0 Å². The fourth-order valence-electron chi connectivity index (χ4n) is 2.28. The Kier molecular flexibility index (Phi) is 1.07. The average molecular weight is 209 g/mol. The van der Waals surface area contributed by atoms with Crippen molar-refractivity contribution in [1.29, 1.82) is 0 Å². The third-order valence-corrected chi connectivity index (χ3v) is 3.61. The summed E-state index contributed by atoms with van der Waals surface area (Å²) in [7, 11) is 0. The fourth-order valence-corrected chi connectivity index (χ4v) is 2.99. The van der Waals surface area contributed by atoms with Crippen LogP contribution in [0.5, 0.6) is 0 Å². The minimum absolute atomic E-state index is 0.917. The van der Waals surface area contributed by atoms with Crippen LogP contribution in [0.15, 0.2) is 22.7 Å². The largest absolute Gasteiger partial charge is 0.0609 e. The van der Waals surface area contributed by atoms with E-state index < -0.39 is 0 Å². The van der Waals surface area contributed by atoms with Crippen LogP contribution in [0.4, 0.5) is 0 Å². The molecule has 0 N–H and O–H groups in total. The number of rotatable bonds is 0. The molecule has 0 saturated heterocycles. The Hall–Kier alpha value is -0.300. The second kappa shape index (κ2) is 1.89. The van der Waals surface area contributed by atoms with E-state index in [-0.39, 0.29) is 0 Å². The predicted molar refractivity (Wildman–Crippen MR) is 48.7 cm³/mol. The molecule has 2 atom stereocenters. The van der Waals surface area contributed by atoms with Crippen molar-refractivity contribution in [1.82, 2.24) is 0 Å². The highest BCUT2D eigenvalue weighted by Crippen LogP contribution is 2.57. The lowest BCUT2D eigenvalue weighted by molar-refractivity contribution is 0.857. The van der Waals surface area contributed by atoms with Gasteiger partial charge in [0.15, 0.2) is 0 Å². The molecule has 11 heavy (non-hydrogen) atoms. The van der Waals surface area contributed by atoms with E-state index in [0.29, 0.717) is 0 Å². The third-order valence-electron chi connectivity index (χ3n) is 2.92. The van der Waals surface area contributed by atoms with Crippen LogP contribution in [-0.2, 0) is 6.42 Å². The van der Waals surface area contributed by atoms with Gasteiger partial charge in [-0.3, -0.25) is 0 Å². The molecule has 56 valence electrons. The van der Waals surface area contributed by atoms with Gasteiger partial charge in [0.2, 0.25) is 0 Å². The minimum atomic E-state index is 0.917. The Morgan fingerprint density at radius 1 is 1.36 bits per heavy atom. The van der Waals surface area contributed by atoms with Gasteiger partial charge >= 0.3 is 0 Å². The summed E-state index contributed by atoms with van der Waals surface area (Å²) in [5.41, 5.74) is 3.19. The Morgan fingerprint density at radius 3 is 3.09 bits per heavy atom. The highest BCUT2D eigenvalue weighted by molar-refractivity contribution is 9.10. The molecule has 2 aliphatic carbocycles. The Morgan fingerprint density at radius 2 is 2.27 bits per heavy atom. The van der Waals surface area contributed by atoms with Crippen LogP contribution < -0.4 is 0 Å². The van der Waals surface area contributed by atoms with Crippen LogP contribution >= 0.6 is 15.9 Å². The zero-order valence-electron chi connectivity index (χ0n) is 6.18. The molecule has 2 aliphatic rings. The van der Waals surface area contributed by atoms with Crippen molar-refractivity contribution in [2.45, 2.75) is 18.8 Å². The van der Waals surface area contributed by atoms with E-state index in [4.69, 9.17) is 0 Å². The van der Waals surface area contributed by atoms with E-state index in [9.17, 15) is 0 Å². The van der Waals surface area contributed by atoms with E-state index in [1.54, 1.807) is 11.1 Å². The van der Waals surface area contributed by atoms with Gasteiger partial charge in [-0.05, 0) is 41.9 Å². The van der Waals surface area contributed by atoms with Gasteiger partial charge in [-0.25, -0.2) is 0 Å². The summed E-state index contributed by atoms with van der Waals surface area (Å²) in [5, 5.41) is 0. The van der Waals surface area contributed by atoms with Gasteiger partial charge in [0.25, 0.3) is 0 Å². The summed E-state index contributed by atoms with van der Waals surface area (Å²) in [6, 6.07) is 6.58. The van der Waals surface area contributed by atoms with Gasteiger partial charge in [0, 0.05) is 4.47 Å². The molecule has 0 aliphatic heterocycles. The number of halogens is 1. The molecule has 1 saturated carbocycles. The maximum atomic E-state index is 3.61. The predicted octanol–water partition coefficient (Wildman–Crippen LogP) is 3.11.